The molecule has 0 aliphatic carbocycles. The molecule has 19 heavy (non-hydrogen) atoms. The molecule has 100 valence electrons. The summed E-state index contributed by atoms with van der Waals surface area (Å²) in [6, 6.07) is 15.3. The van der Waals surface area contributed by atoms with Crippen molar-refractivity contribution >= 4 is 11.4 Å². The highest BCUT2D eigenvalue weighted by molar-refractivity contribution is 5.61. The van der Waals surface area contributed by atoms with E-state index in [1.54, 1.807) is 0 Å². The molecule has 0 saturated carbocycles. The number of benzene rings is 2. The van der Waals surface area contributed by atoms with E-state index in [0.717, 1.165) is 19.3 Å². The van der Waals surface area contributed by atoms with Gasteiger partial charge in [0.05, 0.1) is 0 Å². The fraction of sp³-hybridized carbons (Fsp3) is 0.333. The number of hydrogen-bond donors (Lipinski definition) is 1. The molecule has 0 aromatic heterocycles. The van der Waals surface area contributed by atoms with Crippen LogP contribution in [0.15, 0.2) is 42.5 Å². The van der Waals surface area contributed by atoms with Crippen LogP contribution in [0.1, 0.15) is 37.5 Å². The zero-order valence-corrected chi connectivity index (χ0v) is 12.2. The lowest BCUT2D eigenvalue weighted by atomic mass is 10.0. The van der Waals surface area contributed by atoms with Crippen molar-refractivity contribution in [2.45, 2.75) is 40.0 Å². The Hall–Kier alpha value is -1.76. The maximum Gasteiger partial charge on any atom is 0.0387 e. The highest BCUT2D eigenvalue weighted by Crippen LogP contribution is 2.22. The lowest BCUT2D eigenvalue weighted by molar-refractivity contribution is 1.04. The molecule has 0 atom stereocenters. The Kier molecular flexibility index (Phi) is 4.62. The quantitative estimate of drug-likeness (QED) is 0.780. The number of hydrogen-bond acceptors (Lipinski definition) is 1. The lowest BCUT2D eigenvalue weighted by Crippen LogP contribution is -1.96. The summed E-state index contributed by atoms with van der Waals surface area (Å²) in [5.74, 6) is 0. The molecule has 0 amide bonds. The minimum absolute atomic E-state index is 1.07. The van der Waals surface area contributed by atoms with Gasteiger partial charge in [-0.3, -0.25) is 0 Å². The molecular weight excluding hydrogens is 230 g/mol. The number of anilines is 2. The maximum atomic E-state index is 3.50. The molecule has 2 aromatic carbocycles. The van der Waals surface area contributed by atoms with Gasteiger partial charge in [-0.15, -0.1) is 0 Å². The largest absolute Gasteiger partial charge is 0.356 e. The normalized spacial score (nSPS) is 10.5. The Morgan fingerprint density at radius 1 is 0.737 bits per heavy atom. The van der Waals surface area contributed by atoms with Crippen molar-refractivity contribution in [2.24, 2.45) is 0 Å². The van der Waals surface area contributed by atoms with Crippen molar-refractivity contribution < 1.29 is 0 Å². The third-order valence-electron chi connectivity index (χ3n) is 3.59. The number of aryl methyl sites for hydroxylation is 3. The van der Waals surface area contributed by atoms with Crippen LogP contribution in [0.4, 0.5) is 11.4 Å². The van der Waals surface area contributed by atoms with E-state index in [-0.39, 0.29) is 0 Å². The second-order valence-corrected chi connectivity index (χ2v) is 4.87. The summed E-state index contributed by atoms with van der Waals surface area (Å²) >= 11 is 0. The Morgan fingerprint density at radius 3 is 2.16 bits per heavy atom. The molecule has 0 aliphatic rings. The molecule has 2 rings (SSSR count). The topological polar surface area (TPSA) is 12.0 Å². The van der Waals surface area contributed by atoms with Crippen molar-refractivity contribution in [3.8, 4) is 0 Å². The molecule has 0 heterocycles. The van der Waals surface area contributed by atoms with Gasteiger partial charge in [0.25, 0.3) is 0 Å². The molecule has 1 nitrogen and oxygen atoms in total. The van der Waals surface area contributed by atoms with E-state index >= 15 is 0 Å². The highest BCUT2D eigenvalue weighted by Gasteiger charge is 2.01. The standard InChI is InChI=1S/C18H23N/c1-4-14-8-7-9-17(12-14)19-18-11-10-15(5-2)16(6-3)13-18/h7-13,19H,4-6H2,1-3H3. The summed E-state index contributed by atoms with van der Waals surface area (Å²) in [6.45, 7) is 6.62. The van der Waals surface area contributed by atoms with Crippen molar-refractivity contribution in [3.63, 3.8) is 0 Å². The summed E-state index contributed by atoms with van der Waals surface area (Å²) in [5, 5.41) is 3.50. The average molecular weight is 253 g/mol. The van der Waals surface area contributed by atoms with Crippen molar-refractivity contribution in [2.75, 3.05) is 5.32 Å². The van der Waals surface area contributed by atoms with E-state index in [1.165, 1.54) is 28.1 Å². The van der Waals surface area contributed by atoms with Gasteiger partial charge >= 0.3 is 0 Å². The van der Waals surface area contributed by atoms with E-state index in [2.05, 4.69) is 68.6 Å². The molecule has 1 heteroatoms. The van der Waals surface area contributed by atoms with Gasteiger partial charge in [0.15, 0.2) is 0 Å². The molecule has 0 unspecified atom stereocenters. The predicted octanol–water partition coefficient (Wildman–Crippen LogP) is 5.12. The van der Waals surface area contributed by atoms with Crippen LogP contribution < -0.4 is 5.32 Å². The SMILES string of the molecule is CCc1cccc(Nc2ccc(CC)c(CC)c2)c1. The van der Waals surface area contributed by atoms with Crippen LogP contribution in [-0.4, -0.2) is 0 Å². The minimum Gasteiger partial charge on any atom is -0.356 e. The first-order chi connectivity index (χ1) is 9.26. The van der Waals surface area contributed by atoms with Gasteiger partial charge in [-0.1, -0.05) is 39.0 Å². The van der Waals surface area contributed by atoms with Gasteiger partial charge in [0.1, 0.15) is 0 Å². The third-order valence-corrected chi connectivity index (χ3v) is 3.59. The second-order valence-electron chi connectivity index (χ2n) is 4.87. The molecule has 0 spiro atoms. The summed E-state index contributed by atoms with van der Waals surface area (Å²) in [7, 11) is 0. The Bertz CT molecular complexity index is 543. The van der Waals surface area contributed by atoms with E-state index in [9.17, 15) is 0 Å². The van der Waals surface area contributed by atoms with Crippen molar-refractivity contribution in [3.05, 3.63) is 59.2 Å². The van der Waals surface area contributed by atoms with Crippen LogP contribution in [-0.2, 0) is 19.3 Å². The molecule has 1 N–H and O–H groups in total. The number of rotatable bonds is 5. The zero-order valence-electron chi connectivity index (χ0n) is 12.2. The molecular formula is C18H23N. The summed E-state index contributed by atoms with van der Waals surface area (Å²) in [5.41, 5.74) is 6.62. The molecule has 0 radical (unpaired) electrons. The first kappa shape index (κ1) is 13.7. The third kappa shape index (κ3) is 3.37. The average Bonchev–Trinajstić information content (AvgIpc) is 2.47. The fourth-order valence-corrected chi connectivity index (χ4v) is 2.41. The molecule has 0 saturated heterocycles. The monoisotopic (exact) mass is 253 g/mol. The summed E-state index contributed by atoms with van der Waals surface area (Å²) in [6.07, 6.45) is 3.27. The van der Waals surface area contributed by atoms with Gasteiger partial charge < -0.3 is 5.32 Å². The Labute approximate surface area is 116 Å². The summed E-state index contributed by atoms with van der Waals surface area (Å²) < 4.78 is 0. The Morgan fingerprint density at radius 2 is 1.47 bits per heavy atom. The van der Waals surface area contributed by atoms with Crippen LogP contribution in [0.25, 0.3) is 0 Å². The number of nitrogens with one attached hydrogen (secondary N) is 1. The molecule has 0 bridgehead atoms. The fourth-order valence-electron chi connectivity index (χ4n) is 2.41. The summed E-state index contributed by atoms with van der Waals surface area (Å²) in [4.78, 5) is 0. The van der Waals surface area contributed by atoms with E-state index in [0.29, 0.717) is 0 Å². The van der Waals surface area contributed by atoms with Gasteiger partial charge in [0, 0.05) is 11.4 Å². The van der Waals surface area contributed by atoms with Crippen LogP contribution in [0, 0.1) is 0 Å². The minimum atomic E-state index is 1.07. The van der Waals surface area contributed by atoms with Crippen LogP contribution in [0.2, 0.25) is 0 Å². The maximum absolute atomic E-state index is 3.50. The van der Waals surface area contributed by atoms with Crippen molar-refractivity contribution in [1.82, 2.24) is 0 Å². The smallest absolute Gasteiger partial charge is 0.0387 e. The molecule has 0 fully saturated rings. The van der Waals surface area contributed by atoms with Crippen molar-refractivity contribution in [1.29, 1.82) is 0 Å². The molecule has 2 aromatic rings. The van der Waals surface area contributed by atoms with Gasteiger partial charge in [-0.25, -0.2) is 0 Å². The predicted molar refractivity (Wildman–Crippen MR) is 84.3 cm³/mol. The first-order valence-corrected chi connectivity index (χ1v) is 7.24. The zero-order chi connectivity index (χ0) is 13.7. The van der Waals surface area contributed by atoms with Crippen LogP contribution in [0.3, 0.4) is 0 Å². The lowest BCUT2D eigenvalue weighted by Gasteiger charge is -2.12. The highest BCUT2D eigenvalue weighted by atomic mass is 14.9. The van der Waals surface area contributed by atoms with Gasteiger partial charge in [-0.05, 0) is 60.2 Å². The van der Waals surface area contributed by atoms with Crippen LogP contribution >= 0.6 is 0 Å². The van der Waals surface area contributed by atoms with Gasteiger partial charge in [-0.2, -0.15) is 0 Å². The second kappa shape index (κ2) is 6.42. The Balaban J connectivity index is 2.22. The van der Waals surface area contributed by atoms with E-state index in [4.69, 9.17) is 0 Å². The molecule has 0 aliphatic heterocycles. The van der Waals surface area contributed by atoms with Gasteiger partial charge in [0.2, 0.25) is 0 Å². The first-order valence-electron chi connectivity index (χ1n) is 7.24. The van der Waals surface area contributed by atoms with E-state index in [1.807, 2.05) is 0 Å². The van der Waals surface area contributed by atoms with Crippen LogP contribution in [0.5, 0.6) is 0 Å². The van der Waals surface area contributed by atoms with E-state index < -0.39 is 0 Å².